The van der Waals surface area contributed by atoms with Crippen molar-refractivity contribution < 1.29 is 9.53 Å². The summed E-state index contributed by atoms with van der Waals surface area (Å²) in [5, 5.41) is 0. The first kappa shape index (κ1) is 9.44. The number of nitrogens with zero attached hydrogens (tertiary/aromatic N) is 2. The second kappa shape index (κ2) is 3.84. The van der Waals surface area contributed by atoms with Gasteiger partial charge in [-0.15, -0.1) is 0 Å². The highest BCUT2D eigenvalue weighted by Crippen LogP contribution is 2.05. The highest BCUT2D eigenvalue weighted by atomic mass is 16.5. The summed E-state index contributed by atoms with van der Waals surface area (Å²) >= 11 is 0. The summed E-state index contributed by atoms with van der Waals surface area (Å²) < 4.78 is 5.22. The van der Waals surface area contributed by atoms with Gasteiger partial charge in [-0.05, 0) is 13.8 Å². The predicted octanol–water partition coefficient (Wildman–Crippen LogP) is 0.363. The van der Waals surface area contributed by atoms with Crippen LogP contribution in [0.3, 0.4) is 0 Å². The quantitative estimate of drug-likeness (QED) is 0.730. The van der Waals surface area contributed by atoms with E-state index in [0.29, 0.717) is 5.88 Å². The Morgan fingerprint density at radius 3 is 2.54 bits per heavy atom. The van der Waals surface area contributed by atoms with Crippen LogP contribution in [0.2, 0.25) is 0 Å². The predicted molar refractivity (Wildman–Crippen MR) is 46.3 cm³/mol. The number of aromatic nitrogens is 2. The van der Waals surface area contributed by atoms with E-state index < -0.39 is 5.91 Å². The van der Waals surface area contributed by atoms with Gasteiger partial charge in [-0.2, -0.15) is 0 Å². The number of rotatable bonds is 3. The number of hydrogen-bond donors (Lipinski definition) is 1. The fourth-order valence-corrected chi connectivity index (χ4v) is 0.746. The zero-order chi connectivity index (χ0) is 9.84. The van der Waals surface area contributed by atoms with Crippen LogP contribution in [0.5, 0.6) is 5.88 Å². The van der Waals surface area contributed by atoms with Gasteiger partial charge in [-0.1, -0.05) is 0 Å². The van der Waals surface area contributed by atoms with Gasteiger partial charge in [0.25, 0.3) is 5.91 Å². The molecule has 0 radical (unpaired) electrons. The van der Waals surface area contributed by atoms with E-state index in [1.54, 1.807) is 0 Å². The van der Waals surface area contributed by atoms with Gasteiger partial charge in [-0.3, -0.25) is 4.79 Å². The first-order chi connectivity index (χ1) is 6.09. The molecular formula is C8H11N3O2. The molecule has 0 saturated carbocycles. The molecule has 0 aliphatic rings. The van der Waals surface area contributed by atoms with E-state index in [1.807, 2.05) is 13.8 Å². The molecule has 5 nitrogen and oxygen atoms in total. The molecular weight excluding hydrogens is 170 g/mol. The molecule has 70 valence electrons. The number of amides is 1. The van der Waals surface area contributed by atoms with Crippen LogP contribution in [0, 0.1) is 0 Å². The van der Waals surface area contributed by atoms with Gasteiger partial charge in [0.2, 0.25) is 5.88 Å². The Bertz CT molecular complexity index is 295. The number of carbonyl (C=O) groups is 1. The van der Waals surface area contributed by atoms with Gasteiger partial charge < -0.3 is 10.5 Å². The highest BCUT2D eigenvalue weighted by Gasteiger charge is 2.03. The lowest BCUT2D eigenvalue weighted by Crippen LogP contribution is -2.14. The van der Waals surface area contributed by atoms with Crippen LogP contribution in [0.15, 0.2) is 12.4 Å². The van der Waals surface area contributed by atoms with Crippen LogP contribution in [0.4, 0.5) is 0 Å². The van der Waals surface area contributed by atoms with Crippen molar-refractivity contribution in [1.29, 1.82) is 0 Å². The van der Waals surface area contributed by atoms with Crippen LogP contribution in [-0.2, 0) is 0 Å². The molecule has 0 aliphatic carbocycles. The monoisotopic (exact) mass is 181 g/mol. The summed E-state index contributed by atoms with van der Waals surface area (Å²) in [6, 6.07) is 0. The Kier molecular flexibility index (Phi) is 2.79. The lowest BCUT2D eigenvalue weighted by Gasteiger charge is -2.07. The standard InChI is InChI=1S/C8H11N3O2/c1-5(2)13-7-4-10-6(3-11-7)8(9)12/h3-5H,1-2H3,(H2,9,12). The lowest BCUT2D eigenvalue weighted by atomic mass is 10.4. The summed E-state index contributed by atoms with van der Waals surface area (Å²) in [4.78, 5) is 18.2. The molecule has 0 spiro atoms. The van der Waals surface area contributed by atoms with E-state index in [9.17, 15) is 4.79 Å². The number of carbonyl (C=O) groups excluding carboxylic acids is 1. The fraction of sp³-hybridized carbons (Fsp3) is 0.375. The second-order valence-electron chi connectivity index (χ2n) is 2.77. The average Bonchev–Trinajstić information content (AvgIpc) is 2.04. The van der Waals surface area contributed by atoms with Crippen molar-refractivity contribution >= 4 is 5.91 Å². The molecule has 5 heteroatoms. The summed E-state index contributed by atoms with van der Waals surface area (Å²) in [6.07, 6.45) is 2.70. The largest absolute Gasteiger partial charge is 0.474 e. The maximum Gasteiger partial charge on any atom is 0.268 e. The molecule has 1 aromatic rings. The number of nitrogens with two attached hydrogens (primary N) is 1. The summed E-state index contributed by atoms with van der Waals surface area (Å²) in [5.74, 6) is -0.205. The second-order valence-corrected chi connectivity index (χ2v) is 2.77. The molecule has 1 heterocycles. The van der Waals surface area contributed by atoms with Crippen molar-refractivity contribution in [3.8, 4) is 5.88 Å². The van der Waals surface area contributed by atoms with Crippen LogP contribution in [0.1, 0.15) is 24.3 Å². The minimum Gasteiger partial charge on any atom is -0.474 e. The first-order valence-electron chi connectivity index (χ1n) is 3.88. The van der Waals surface area contributed by atoms with Gasteiger partial charge in [0.1, 0.15) is 5.69 Å². The third kappa shape index (κ3) is 2.70. The normalized spacial score (nSPS) is 10.1. The Hall–Kier alpha value is -1.65. The van der Waals surface area contributed by atoms with Gasteiger partial charge in [0.05, 0.1) is 18.5 Å². The minimum atomic E-state index is -0.594. The molecule has 0 aromatic carbocycles. The zero-order valence-corrected chi connectivity index (χ0v) is 7.52. The lowest BCUT2D eigenvalue weighted by molar-refractivity contribution is 0.0995. The highest BCUT2D eigenvalue weighted by molar-refractivity contribution is 5.90. The third-order valence-corrected chi connectivity index (χ3v) is 1.24. The topological polar surface area (TPSA) is 78.1 Å². The van der Waals surface area contributed by atoms with E-state index >= 15 is 0 Å². The average molecular weight is 181 g/mol. The Balaban J connectivity index is 2.75. The van der Waals surface area contributed by atoms with Crippen molar-refractivity contribution in [1.82, 2.24) is 9.97 Å². The maximum atomic E-state index is 10.6. The summed E-state index contributed by atoms with van der Waals surface area (Å²) in [5.41, 5.74) is 5.12. The van der Waals surface area contributed by atoms with Crippen LogP contribution in [-0.4, -0.2) is 22.0 Å². The molecule has 0 aliphatic heterocycles. The fourth-order valence-electron chi connectivity index (χ4n) is 0.746. The molecule has 1 rings (SSSR count). The SMILES string of the molecule is CC(C)Oc1cnc(C(N)=O)cn1. The van der Waals surface area contributed by atoms with Gasteiger partial charge in [0, 0.05) is 0 Å². The van der Waals surface area contributed by atoms with E-state index in [0.717, 1.165) is 0 Å². The molecule has 0 atom stereocenters. The molecule has 0 saturated heterocycles. The van der Waals surface area contributed by atoms with Gasteiger partial charge in [0.15, 0.2) is 0 Å². The van der Waals surface area contributed by atoms with Crippen LogP contribution >= 0.6 is 0 Å². The zero-order valence-electron chi connectivity index (χ0n) is 7.52. The first-order valence-corrected chi connectivity index (χ1v) is 3.88. The van der Waals surface area contributed by atoms with Gasteiger partial charge >= 0.3 is 0 Å². The Morgan fingerprint density at radius 1 is 1.46 bits per heavy atom. The van der Waals surface area contributed by atoms with Crippen molar-refractivity contribution in [2.75, 3.05) is 0 Å². The molecule has 1 amide bonds. The van der Waals surface area contributed by atoms with E-state index in [-0.39, 0.29) is 11.8 Å². The molecule has 0 fully saturated rings. The van der Waals surface area contributed by atoms with Crippen molar-refractivity contribution in [3.05, 3.63) is 18.1 Å². The van der Waals surface area contributed by atoms with Crippen molar-refractivity contribution in [3.63, 3.8) is 0 Å². The Morgan fingerprint density at radius 2 is 2.15 bits per heavy atom. The van der Waals surface area contributed by atoms with Gasteiger partial charge in [-0.25, -0.2) is 9.97 Å². The smallest absolute Gasteiger partial charge is 0.268 e. The number of primary amides is 1. The third-order valence-electron chi connectivity index (χ3n) is 1.24. The summed E-state index contributed by atoms with van der Waals surface area (Å²) in [7, 11) is 0. The summed E-state index contributed by atoms with van der Waals surface area (Å²) in [6.45, 7) is 3.76. The molecule has 1 aromatic heterocycles. The molecule has 0 unspecified atom stereocenters. The van der Waals surface area contributed by atoms with E-state index in [4.69, 9.17) is 10.5 Å². The Labute approximate surface area is 75.9 Å². The van der Waals surface area contributed by atoms with Crippen molar-refractivity contribution in [2.45, 2.75) is 20.0 Å². The van der Waals surface area contributed by atoms with Crippen molar-refractivity contribution in [2.24, 2.45) is 5.73 Å². The van der Waals surface area contributed by atoms with E-state index in [2.05, 4.69) is 9.97 Å². The molecule has 2 N–H and O–H groups in total. The number of ether oxygens (including phenoxy) is 1. The minimum absolute atomic E-state index is 0.0359. The number of hydrogen-bond acceptors (Lipinski definition) is 4. The van der Waals surface area contributed by atoms with Crippen LogP contribution < -0.4 is 10.5 Å². The molecule has 13 heavy (non-hydrogen) atoms. The maximum absolute atomic E-state index is 10.6. The van der Waals surface area contributed by atoms with Crippen LogP contribution in [0.25, 0.3) is 0 Å². The van der Waals surface area contributed by atoms with E-state index in [1.165, 1.54) is 12.4 Å². The molecule has 0 bridgehead atoms.